The molecule has 0 saturated heterocycles. The Bertz CT molecular complexity index is 112. The summed E-state index contributed by atoms with van der Waals surface area (Å²) in [5.74, 6) is 0. The van der Waals surface area contributed by atoms with E-state index < -0.39 is 0 Å². The Morgan fingerprint density at radius 2 is 2.38 bits per heavy atom. The molecule has 0 amide bonds. The molecule has 1 N–H and O–H groups in total. The molecular weight excluding hydrogens is 98.1 g/mol. The Labute approximate surface area is 50.2 Å². The summed E-state index contributed by atoms with van der Waals surface area (Å²) in [5.41, 5.74) is 0.613. The highest BCUT2D eigenvalue weighted by atomic mass is 14.4. The average molecular weight is 109 g/mol. The van der Waals surface area contributed by atoms with Crippen LogP contribution in [0.3, 0.4) is 0 Å². The number of nitrogens with one attached hydrogen (secondary N) is 1. The second kappa shape index (κ2) is 4.31. The molecule has 0 aliphatic rings. The third-order valence-corrected chi connectivity index (χ3v) is 0.732. The van der Waals surface area contributed by atoms with Gasteiger partial charge in [-0.15, -0.1) is 6.58 Å². The zero-order chi connectivity index (χ0) is 6.41. The monoisotopic (exact) mass is 109 g/mol. The molecule has 0 spiro atoms. The molecule has 0 saturated carbocycles. The van der Waals surface area contributed by atoms with Crippen LogP contribution in [0.15, 0.2) is 24.8 Å². The van der Waals surface area contributed by atoms with Crippen LogP contribution in [0.2, 0.25) is 0 Å². The fraction of sp³-hybridized carbons (Fsp3) is 0.286. The predicted molar refractivity (Wildman–Crippen MR) is 37.4 cm³/mol. The quantitative estimate of drug-likeness (QED) is 0.424. The van der Waals surface area contributed by atoms with Gasteiger partial charge in [0.1, 0.15) is 0 Å². The van der Waals surface area contributed by atoms with E-state index in [1.807, 2.05) is 13.0 Å². The van der Waals surface area contributed by atoms with E-state index in [0.717, 1.165) is 0 Å². The van der Waals surface area contributed by atoms with E-state index in [9.17, 15) is 0 Å². The van der Waals surface area contributed by atoms with Gasteiger partial charge >= 0.3 is 0 Å². The van der Waals surface area contributed by atoms with Crippen LogP contribution in [0.5, 0.6) is 0 Å². The standard InChI is InChI=1S/C7H11N/c1-3-5-7(8)6-4-2/h3-4,6,8H,1,5H2,2H3/b6-4-,8-7?. The fourth-order valence-corrected chi connectivity index (χ4v) is 0.425. The lowest BCUT2D eigenvalue weighted by molar-refractivity contribution is 1.39. The van der Waals surface area contributed by atoms with E-state index in [0.29, 0.717) is 12.1 Å². The molecule has 44 valence electrons. The van der Waals surface area contributed by atoms with Gasteiger partial charge in [-0.05, 0) is 13.0 Å². The minimum atomic E-state index is 0.613. The molecule has 0 bridgehead atoms. The van der Waals surface area contributed by atoms with Crippen molar-refractivity contribution in [1.82, 2.24) is 0 Å². The first-order valence-corrected chi connectivity index (χ1v) is 2.62. The SMILES string of the molecule is C=CCC(=N)/C=C\C. The largest absolute Gasteiger partial charge is 0.305 e. The molecule has 1 nitrogen and oxygen atoms in total. The summed E-state index contributed by atoms with van der Waals surface area (Å²) in [4.78, 5) is 0. The highest BCUT2D eigenvalue weighted by molar-refractivity contribution is 5.93. The number of hydrogen-bond acceptors (Lipinski definition) is 1. The van der Waals surface area contributed by atoms with E-state index in [1.54, 1.807) is 12.2 Å². The molecule has 0 unspecified atom stereocenters. The minimum Gasteiger partial charge on any atom is -0.305 e. The van der Waals surface area contributed by atoms with Gasteiger partial charge in [-0.1, -0.05) is 12.2 Å². The van der Waals surface area contributed by atoms with Gasteiger partial charge in [0.05, 0.1) is 0 Å². The smallest absolute Gasteiger partial charge is 0.0348 e. The van der Waals surface area contributed by atoms with Crippen LogP contribution in [-0.4, -0.2) is 5.71 Å². The summed E-state index contributed by atoms with van der Waals surface area (Å²) in [6, 6.07) is 0. The molecule has 0 rings (SSSR count). The number of hydrogen-bond donors (Lipinski definition) is 1. The second-order valence-electron chi connectivity index (χ2n) is 1.52. The Morgan fingerprint density at radius 1 is 1.75 bits per heavy atom. The summed E-state index contributed by atoms with van der Waals surface area (Å²) in [7, 11) is 0. The van der Waals surface area contributed by atoms with Gasteiger partial charge in [0.2, 0.25) is 0 Å². The van der Waals surface area contributed by atoms with E-state index in [2.05, 4.69) is 6.58 Å². The van der Waals surface area contributed by atoms with Crippen molar-refractivity contribution in [3.8, 4) is 0 Å². The van der Waals surface area contributed by atoms with Crippen molar-refractivity contribution >= 4 is 5.71 Å². The van der Waals surface area contributed by atoms with Gasteiger partial charge in [0, 0.05) is 12.1 Å². The van der Waals surface area contributed by atoms with Crippen LogP contribution in [0.25, 0.3) is 0 Å². The highest BCUT2D eigenvalue weighted by Gasteiger charge is 1.80. The topological polar surface area (TPSA) is 23.9 Å². The summed E-state index contributed by atoms with van der Waals surface area (Å²) in [5, 5.41) is 7.13. The van der Waals surface area contributed by atoms with Crippen molar-refractivity contribution in [2.24, 2.45) is 0 Å². The summed E-state index contributed by atoms with van der Waals surface area (Å²) in [6.45, 7) is 5.41. The van der Waals surface area contributed by atoms with Crippen LogP contribution < -0.4 is 0 Å². The lowest BCUT2D eigenvalue weighted by Gasteiger charge is -1.85. The van der Waals surface area contributed by atoms with Crippen molar-refractivity contribution in [1.29, 1.82) is 5.41 Å². The van der Waals surface area contributed by atoms with Gasteiger partial charge in [-0.2, -0.15) is 0 Å². The molecular formula is C7H11N. The van der Waals surface area contributed by atoms with Crippen molar-refractivity contribution in [3.05, 3.63) is 24.8 Å². The zero-order valence-corrected chi connectivity index (χ0v) is 5.15. The molecule has 0 heterocycles. The maximum atomic E-state index is 7.13. The third kappa shape index (κ3) is 3.34. The minimum absolute atomic E-state index is 0.613. The second-order valence-corrected chi connectivity index (χ2v) is 1.52. The van der Waals surface area contributed by atoms with Crippen LogP contribution in [-0.2, 0) is 0 Å². The molecule has 0 fully saturated rings. The molecule has 1 heteroatoms. The molecule has 0 aliphatic carbocycles. The third-order valence-electron chi connectivity index (χ3n) is 0.732. The van der Waals surface area contributed by atoms with Crippen molar-refractivity contribution in [3.63, 3.8) is 0 Å². The van der Waals surface area contributed by atoms with Gasteiger partial charge < -0.3 is 5.41 Å². The first kappa shape index (κ1) is 7.15. The molecule has 0 aromatic heterocycles. The van der Waals surface area contributed by atoms with Gasteiger partial charge in [0.25, 0.3) is 0 Å². The Kier molecular flexibility index (Phi) is 3.85. The van der Waals surface area contributed by atoms with Crippen molar-refractivity contribution in [2.75, 3.05) is 0 Å². The highest BCUT2D eigenvalue weighted by Crippen LogP contribution is 1.85. The Balaban J connectivity index is 3.48. The van der Waals surface area contributed by atoms with Crippen molar-refractivity contribution < 1.29 is 0 Å². The van der Waals surface area contributed by atoms with Gasteiger partial charge in [-0.3, -0.25) is 0 Å². The lowest BCUT2D eigenvalue weighted by Crippen LogP contribution is -1.84. The molecule has 0 radical (unpaired) electrons. The van der Waals surface area contributed by atoms with Gasteiger partial charge in [0.15, 0.2) is 0 Å². The van der Waals surface area contributed by atoms with Crippen LogP contribution >= 0.6 is 0 Å². The molecule has 0 atom stereocenters. The predicted octanol–water partition coefficient (Wildman–Crippen LogP) is 2.16. The average Bonchev–Trinajstić information content (AvgIpc) is 1.68. The Hall–Kier alpha value is -0.850. The maximum Gasteiger partial charge on any atom is 0.0348 e. The van der Waals surface area contributed by atoms with Crippen molar-refractivity contribution in [2.45, 2.75) is 13.3 Å². The van der Waals surface area contributed by atoms with Crippen LogP contribution in [0.4, 0.5) is 0 Å². The van der Waals surface area contributed by atoms with Crippen LogP contribution in [0, 0.1) is 5.41 Å². The molecule has 0 aromatic carbocycles. The van der Waals surface area contributed by atoms with E-state index >= 15 is 0 Å². The first-order valence-electron chi connectivity index (χ1n) is 2.62. The van der Waals surface area contributed by atoms with Gasteiger partial charge in [-0.25, -0.2) is 0 Å². The lowest BCUT2D eigenvalue weighted by atomic mass is 10.2. The van der Waals surface area contributed by atoms with E-state index in [-0.39, 0.29) is 0 Å². The van der Waals surface area contributed by atoms with E-state index in [1.165, 1.54) is 0 Å². The number of allylic oxidation sites excluding steroid dienone is 3. The summed E-state index contributed by atoms with van der Waals surface area (Å²) in [6.07, 6.45) is 6.01. The summed E-state index contributed by atoms with van der Waals surface area (Å²) >= 11 is 0. The van der Waals surface area contributed by atoms with E-state index in [4.69, 9.17) is 5.41 Å². The first-order chi connectivity index (χ1) is 3.81. The molecule has 0 aliphatic heterocycles. The maximum absolute atomic E-state index is 7.13. The Morgan fingerprint density at radius 3 is 2.75 bits per heavy atom. The molecule has 8 heavy (non-hydrogen) atoms. The molecule has 0 aromatic rings. The normalized spacial score (nSPS) is 9.62. The summed E-state index contributed by atoms with van der Waals surface area (Å²) < 4.78 is 0. The number of rotatable bonds is 3. The fourth-order valence-electron chi connectivity index (χ4n) is 0.425. The zero-order valence-electron chi connectivity index (χ0n) is 5.15. The van der Waals surface area contributed by atoms with Crippen LogP contribution in [0.1, 0.15) is 13.3 Å².